The van der Waals surface area contributed by atoms with Gasteiger partial charge in [-0.3, -0.25) is 62.2 Å². The number of terminal acetylenes is 3. The number of hydrogen-bond donors (Lipinski definition) is 8. The molecule has 2 saturated heterocycles. The first kappa shape index (κ1) is 81.6. The largest absolute Gasteiger partial charge is 0.356 e. The summed E-state index contributed by atoms with van der Waals surface area (Å²) in [5.41, 5.74) is 27.7. The third-order valence-corrected chi connectivity index (χ3v) is 16.5. The number of carbonyl (C=O) groups is 9. The maximum Gasteiger partial charge on any atom is 0.334 e. The van der Waals surface area contributed by atoms with Gasteiger partial charge in [0.05, 0.1) is 36.2 Å². The summed E-state index contributed by atoms with van der Waals surface area (Å²) < 4.78 is 0. The number of unbranched alkanes of at least 4 members (excludes halogenated alkanes) is 16. The van der Waals surface area contributed by atoms with Gasteiger partial charge in [-0.05, 0) is 37.2 Å². The fourth-order valence-electron chi connectivity index (χ4n) is 7.35. The molecule has 2 atom stereocenters. The van der Waals surface area contributed by atoms with Crippen LogP contribution in [0.25, 0.3) is 0 Å². The van der Waals surface area contributed by atoms with E-state index in [1.54, 1.807) is 0 Å². The van der Waals surface area contributed by atoms with Crippen molar-refractivity contribution in [3.8, 4) is 37.0 Å². The van der Waals surface area contributed by atoms with Gasteiger partial charge >= 0.3 is 11.9 Å². The Labute approximate surface area is 519 Å². The standard InChI is InChI=1S/C16H30N4O2S.2C16H23NO4S.C11H26N4OS/c1-3-5-7-8-9-12-19-14(21)11-13-23-16(17,18)20-15(22)10-6-4-2;2*1-3-5-7-8-9-11-22-13-12-14(18)17(16(13)20)21-15(19)10-6-4-2;1-2-3-4-5-6-8-15-10(16)7-9-17-11(12,13)14/h2H,3,5-13,17-18H2,1H3,(H,19,21)(H,20,22);2*2,13H,3,5-12H2,1H3;2-9,12-14H2,1H3,(H,15,16). The summed E-state index contributed by atoms with van der Waals surface area (Å²) in [6.07, 6.45) is 40.5. The molecule has 84 heavy (non-hydrogen) atoms. The molecule has 2 fully saturated rings. The molecular formula is C59H102N10O11S4. The molecule has 0 saturated carbocycles. The number of rotatable bonds is 43. The Hall–Kier alpha value is -4.49. The lowest BCUT2D eigenvalue weighted by Gasteiger charge is -2.24. The summed E-state index contributed by atoms with van der Waals surface area (Å²) in [6.45, 7) is 10.1. The molecule has 2 aliphatic heterocycles. The zero-order chi connectivity index (χ0) is 63.4. The summed E-state index contributed by atoms with van der Waals surface area (Å²) in [5.74, 6) is 6.30. The highest BCUT2D eigenvalue weighted by atomic mass is 32.2. The van der Waals surface area contributed by atoms with Crippen molar-refractivity contribution < 1.29 is 52.8 Å². The number of nitrogens with two attached hydrogens (primary N) is 5. The predicted molar refractivity (Wildman–Crippen MR) is 342 cm³/mol. The minimum atomic E-state index is -1.38. The normalized spacial score (nSPS) is 14.5. The number of amides is 7. The topological polar surface area (TPSA) is 345 Å². The van der Waals surface area contributed by atoms with Crippen molar-refractivity contribution in [3.05, 3.63) is 0 Å². The van der Waals surface area contributed by atoms with Gasteiger partial charge in [0.2, 0.25) is 17.7 Å². The average molecular weight is 1260 g/mol. The van der Waals surface area contributed by atoms with Crippen LogP contribution in [0, 0.1) is 37.0 Å². The van der Waals surface area contributed by atoms with Crippen LogP contribution < -0.4 is 44.6 Å². The first-order valence-corrected chi connectivity index (χ1v) is 33.9. The van der Waals surface area contributed by atoms with Gasteiger partial charge in [-0.15, -0.1) is 94.2 Å². The maximum absolute atomic E-state index is 12.1. The van der Waals surface area contributed by atoms with Crippen molar-refractivity contribution in [2.75, 3.05) is 36.1 Å². The van der Waals surface area contributed by atoms with Crippen LogP contribution >= 0.6 is 47.0 Å². The van der Waals surface area contributed by atoms with E-state index in [2.05, 4.69) is 61.4 Å². The minimum absolute atomic E-state index is 0.00278. The molecule has 2 aliphatic rings. The third kappa shape index (κ3) is 46.8. The second-order valence-electron chi connectivity index (χ2n) is 20.0. The SMILES string of the molecule is C#CCCC(=O)NC(N)(N)SCCC(=O)NCCCCCCC.C#CCCC(=O)ON1C(=O)CC(SCCCCCCC)C1=O.C#CCCC(=O)ON1C(=O)CC(SCCCCCCC)C1=O.CCCCCCCNC(=O)CCSC(N)(N)N. The van der Waals surface area contributed by atoms with Crippen molar-refractivity contribution in [1.29, 1.82) is 0 Å². The Morgan fingerprint density at radius 1 is 0.488 bits per heavy atom. The first-order valence-electron chi connectivity index (χ1n) is 29.8. The Balaban J connectivity index is 0. The number of nitrogens with one attached hydrogen (secondary N) is 3. The van der Waals surface area contributed by atoms with Crippen LogP contribution in [0.1, 0.15) is 220 Å². The van der Waals surface area contributed by atoms with Gasteiger partial charge in [0.1, 0.15) is 0 Å². The Morgan fingerprint density at radius 2 is 0.833 bits per heavy atom. The van der Waals surface area contributed by atoms with E-state index in [-0.39, 0.29) is 62.7 Å². The van der Waals surface area contributed by atoms with Gasteiger partial charge < -0.3 is 25.6 Å². The number of hydroxylamine groups is 4. The van der Waals surface area contributed by atoms with Crippen LogP contribution in [0.5, 0.6) is 0 Å². The highest BCUT2D eigenvalue weighted by Gasteiger charge is 2.43. The third-order valence-electron chi connectivity index (χ3n) is 12.0. The van der Waals surface area contributed by atoms with Crippen molar-refractivity contribution in [1.82, 2.24) is 26.1 Å². The average Bonchev–Trinajstić information content (AvgIpc) is 4.15. The summed E-state index contributed by atoms with van der Waals surface area (Å²) in [5, 5.41) is 5.96. The summed E-state index contributed by atoms with van der Waals surface area (Å²) >= 11 is 5.25. The summed E-state index contributed by atoms with van der Waals surface area (Å²) in [4.78, 5) is 115. The van der Waals surface area contributed by atoms with E-state index >= 15 is 0 Å². The van der Waals surface area contributed by atoms with Crippen LogP contribution in [0.2, 0.25) is 0 Å². The van der Waals surface area contributed by atoms with E-state index in [0.29, 0.717) is 47.4 Å². The van der Waals surface area contributed by atoms with E-state index in [0.717, 1.165) is 74.8 Å². The van der Waals surface area contributed by atoms with E-state index in [1.165, 1.54) is 119 Å². The van der Waals surface area contributed by atoms with Gasteiger partial charge in [0, 0.05) is 63.1 Å². The number of hydrogen-bond acceptors (Lipinski definition) is 20. The van der Waals surface area contributed by atoms with Crippen molar-refractivity contribution in [3.63, 3.8) is 0 Å². The molecule has 0 radical (unpaired) electrons. The molecule has 2 heterocycles. The molecule has 0 aromatic rings. The second-order valence-corrected chi connectivity index (χ2v) is 25.4. The lowest BCUT2D eigenvalue weighted by molar-refractivity contribution is -0.197. The second kappa shape index (κ2) is 52.8. The molecule has 21 nitrogen and oxygen atoms in total. The lowest BCUT2D eigenvalue weighted by atomic mass is 10.1. The van der Waals surface area contributed by atoms with Gasteiger partial charge in [0.15, 0.2) is 10.2 Å². The molecule has 0 aliphatic carbocycles. The van der Waals surface area contributed by atoms with Crippen LogP contribution in [-0.2, 0) is 52.8 Å². The van der Waals surface area contributed by atoms with E-state index in [1.807, 2.05) is 0 Å². The highest BCUT2D eigenvalue weighted by molar-refractivity contribution is 8.01. The van der Waals surface area contributed by atoms with Crippen molar-refractivity contribution in [2.45, 2.75) is 241 Å². The van der Waals surface area contributed by atoms with Crippen LogP contribution in [0.4, 0.5) is 0 Å². The summed E-state index contributed by atoms with van der Waals surface area (Å²) in [7, 11) is 0. The van der Waals surface area contributed by atoms with Gasteiger partial charge in [0.25, 0.3) is 23.6 Å². The van der Waals surface area contributed by atoms with Gasteiger partial charge in [-0.2, -0.15) is 0 Å². The Bertz CT molecular complexity index is 1960. The number of carbonyl (C=O) groups excluding carboxylic acids is 9. The van der Waals surface area contributed by atoms with Crippen LogP contribution in [0.3, 0.4) is 0 Å². The Morgan fingerprint density at radius 3 is 1.19 bits per heavy atom. The predicted octanol–water partition coefficient (Wildman–Crippen LogP) is 7.32. The van der Waals surface area contributed by atoms with Gasteiger partial charge in [-0.25, -0.2) is 9.59 Å². The summed E-state index contributed by atoms with van der Waals surface area (Å²) in [6, 6.07) is 0. The molecule has 13 N–H and O–H groups in total. The fraction of sp³-hybridized carbons (Fsp3) is 0.746. The molecule has 7 amide bonds. The van der Waals surface area contributed by atoms with Crippen molar-refractivity contribution >= 4 is 100 Å². The van der Waals surface area contributed by atoms with E-state index in [9.17, 15) is 43.2 Å². The smallest absolute Gasteiger partial charge is 0.334 e. The fourth-order valence-corrected chi connectivity index (χ4v) is 11.1. The molecule has 0 spiro atoms. The van der Waals surface area contributed by atoms with Crippen molar-refractivity contribution in [2.24, 2.45) is 28.7 Å². The number of nitrogens with zero attached hydrogens (tertiary/aromatic N) is 2. The minimum Gasteiger partial charge on any atom is -0.356 e. The quantitative estimate of drug-likeness (QED) is 0.0128. The molecule has 478 valence electrons. The molecular weight excluding hydrogens is 1150 g/mol. The number of imide groups is 2. The molecule has 2 unspecified atom stereocenters. The highest BCUT2D eigenvalue weighted by Crippen LogP contribution is 2.28. The zero-order valence-electron chi connectivity index (χ0n) is 50.7. The van der Waals surface area contributed by atoms with E-state index < -0.39 is 56.3 Å². The first-order chi connectivity index (χ1) is 40.1. The molecule has 2 rings (SSSR count). The molecule has 0 aromatic heterocycles. The monoisotopic (exact) mass is 1250 g/mol. The molecule has 0 aromatic carbocycles. The Kier molecular flexibility index (Phi) is 51.3. The molecule has 25 heteroatoms. The molecule has 0 bridgehead atoms. The van der Waals surface area contributed by atoms with E-state index in [4.69, 9.17) is 57.6 Å². The lowest BCUT2D eigenvalue weighted by Crippen LogP contribution is -2.60. The van der Waals surface area contributed by atoms with Crippen LogP contribution in [0.15, 0.2) is 0 Å². The number of thioether (sulfide) groups is 4. The van der Waals surface area contributed by atoms with Gasteiger partial charge in [-0.1, -0.05) is 130 Å². The zero-order valence-corrected chi connectivity index (χ0v) is 54.0. The maximum atomic E-state index is 12.1. The van der Waals surface area contributed by atoms with Crippen LogP contribution in [-0.4, -0.2) is 120 Å².